The molecule has 3 saturated heterocycles. The average Bonchev–Trinajstić information content (AvgIpc) is 3.42. The Morgan fingerprint density at radius 1 is 0.416 bits per heavy atom. The number of hydrogen-bond donors (Lipinski definition) is 12. The number of carbonyl (C=O) groups excluding carboxylic acids is 1. The van der Waals surface area contributed by atoms with Crippen molar-refractivity contribution in [2.24, 2.45) is 0 Å². The molecule has 3 aliphatic rings. The molecule has 0 bridgehead atoms. The molecule has 17 atom stereocenters. The average molecular weight is 1110 g/mol. The first-order chi connectivity index (χ1) is 37.3. The van der Waals surface area contributed by atoms with Gasteiger partial charge in [-0.05, 0) is 12.8 Å². The van der Waals surface area contributed by atoms with E-state index in [4.69, 9.17) is 28.4 Å². The topological polar surface area (TPSA) is 307 Å². The van der Waals surface area contributed by atoms with Crippen LogP contribution in [0, 0.1) is 0 Å². The molecule has 0 aliphatic carbocycles. The van der Waals surface area contributed by atoms with E-state index in [1.54, 1.807) is 0 Å². The highest BCUT2D eigenvalue weighted by Crippen LogP contribution is 2.33. The third kappa shape index (κ3) is 26.7. The van der Waals surface area contributed by atoms with E-state index in [2.05, 4.69) is 19.2 Å². The van der Waals surface area contributed by atoms with Crippen molar-refractivity contribution in [2.45, 2.75) is 336 Å². The molecule has 19 nitrogen and oxygen atoms in total. The quantitative estimate of drug-likeness (QED) is 0.0330. The van der Waals surface area contributed by atoms with Gasteiger partial charge in [0.05, 0.1) is 38.6 Å². The summed E-state index contributed by atoms with van der Waals surface area (Å²) in [5, 5.41) is 120. The van der Waals surface area contributed by atoms with Crippen LogP contribution in [0.3, 0.4) is 0 Å². The Kier molecular flexibility index (Phi) is 38.7. The number of aliphatic hydroxyl groups is 11. The van der Waals surface area contributed by atoms with Crippen LogP contribution in [0.2, 0.25) is 0 Å². The minimum atomic E-state index is -1.97. The fourth-order valence-corrected chi connectivity index (χ4v) is 10.8. The molecule has 3 rings (SSSR count). The molecule has 3 aliphatic heterocycles. The lowest BCUT2D eigenvalue weighted by Crippen LogP contribution is -2.66. The maximum Gasteiger partial charge on any atom is 0.220 e. The Morgan fingerprint density at radius 3 is 1.13 bits per heavy atom. The highest BCUT2D eigenvalue weighted by molar-refractivity contribution is 5.76. The molecule has 0 aromatic heterocycles. The molecule has 3 heterocycles. The Labute approximate surface area is 462 Å². The number of ether oxygens (including phenoxy) is 6. The minimum absolute atomic E-state index is 0.239. The smallest absolute Gasteiger partial charge is 0.220 e. The first kappa shape index (κ1) is 70.1. The number of unbranched alkanes of at least 4 members (excludes halogenated alkanes) is 30. The lowest BCUT2D eigenvalue weighted by Gasteiger charge is -2.48. The molecule has 77 heavy (non-hydrogen) atoms. The van der Waals surface area contributed by atoms with E-state index in [1.807, 2.05) is 0 Å². The lowest BCUT2D eigenvalue weighted by molar-refractivity contribution is -0.379. The number of rotatable bonds is 46. The zero-order chi connectivity index (χ0) is 56.2. The van der Waals surface area contributed by atoms with E-state index in [1.165, 1.54) is 154 Å². The molecule has 1 amide bonds. The second-order valence-electron chi connectivity index (χ2n) is 22.5. The lowest BCUT2D eigenvalue weighted by atomic mass is 9.96. The van der Waals surface area contributed by atoms with Crippen molar-refractivity contribution in [1.29, 1.82) is 0 Å². The van der Waals surface area contributed by atoms with E-state index in [-0.39, 0.29) is 18.9 Å². The molecule has 0 radical (unpaired) electrons. The van der Waals surface area contributed by atoms with E-state index >= 15 is 0 Å². The summed E-state index contributed by atoms with van der Waals surface area (Å²) in [7, 11) is 0. The first-order valence-corrected chi connectivity index (χ1v) is 30.8. The van der Waals surface area contributed by atoms with Gasteiger partial charge in [-0.1, -0.05) is 213 Å². The molecule has 0 saturated carbocycles. The van der Waals surface area contributed by atoms with Crippen molar-refractivity contribution in [2.75, 3.05) is 26.4 Å². The van der Waals surface area contributed by atoms with Crippen molar-refractivity contribution in [3.05, 3.63) is 0 Å². The van der Waals surface area contributed by atoms with Crippen molar-refractivity contribution in [1.82, 2.24) is 5.32 Å². The third-order valence-electron chi connectivity index (χ3n) is 15.9. The summed E-state index contributed by atoms with van der Waals surface area (Å²) in [5.41, 5.74) is 0. The number of hydrogen-bond acceptors (Lipinski definition) is 18. The number of nitrogens with one attached hydrogen (secondary N) is 1. The van der Waals surface area contributed by atoms with Gasteiger partial charge in [0, 0.05) is 6.42 Å². The van der Waals surface area contributed by atoms with Gasteiger partial charge in [0.15, 0.2) is 18.9 Å². The van der Waals surface area contributed by atoms with Crippen LogP contribution in [0.1, 0.15) is 232 Å². The maximum absolute atomic E-state index is 13.3. The van der Waals surface area contributed by atoms with E-state index in [0.717, 1.165) is 44.9 Å². The van der Waals surface area contributed by atoms with Crippen LogP contribution in [0.5, 0.6) is 0 Å². The predicted molar refractivity (Wildman–Crippen MR) is 291 cm³/mol. The van der Waals surface area contributed by atoms with Gasteiger partial charge < -0.3 is 89.9 Å². The van der Waals surface area contributed by atoms with Gasteiger partial charge in [-0.3, -0.25) is 4.79 Å². The zero-order valence-corrected chi connectivity index (χ0v) is 47.5. The van der Waals surface area contributed by atoms with Crippen LogP contribution in [0.4, 0.5) is 0 Å². The van der Waals surface area contributed by atoms with E-state index in [0.29, 0.717) is 12.8 Å². The number of aliphatic hydroxyl groups excluding tert-OH is 11. The van der Waals surface area contributed by atoms with Crippen molar-refractivity contribution < 1.29 is 89.4 Å². The third-order valence-corrected chi connectivity index (χ3v) is 15.9. The van der Waals surface area contributed by atoms with Crippen LogP contribution in [-0.4, -0.2) is 193 Å². The van der Waals surface area contributed by atoms with Crippen LogP contribution in [0.15, 0.2) is 0 Å². The van der Waals surface area contributed by atoms with Crippen LogP contribution < -0.4 is 5.32 Å². The van der Waals surface area contributed by atoms with Gasteiger partial charge in [-0.2, -0.15) is 0 Å². The second kappa shape index (κ2) is 42.6. The largest absolute Gasteiger partial charge is 0.394 e. The molecular weight excluding hydrogens is 999 g/mol. The Hall–Kier alpha value is -1.21. The highest BCUT2D eigenvalue weighted by Gasteiger charge is 2.53. The molecule has 19 heteroatoms. The van der Waals surface area contributed by atoms with Gasteiger partial charge in [0.2, 0.25) is 5.91 Å². The molecule has 0 aromatic rings. The molecule has 0 spiro atoms. The number of amides is 1. The summed E-state index contributed by atoms with van der Waals surface area (Å²) >= 11 is 0. The summed E-state index contributed by atoms with van der Waals surface area (Å²) in [5.74, 6) is -0.239. The van der Waals surface area contributed by atoms with Crippen molar-refractivity contribution in [3.8, 4) is 0 Å². The van der Waals surface area contributed by atoms with Crippen molar-refractivity contribution >= 4 is 5.91 Å². The maximum atomic E-state index is 13.3. The summed E-state index contributed by atoms with van der Waals surface area (Å²) in [6.07, 6.45) is 13.3. The van der Waals surface area contributed by atoms with Gasteiger partial charge in [-0.15, -0.1) is 0 Å². The Balaban J connectivity index is 1.48. The van der Waals surface area contributed by atoms with E-state index < -0.39 is 124 Å². The first-order valence-electron chi connectivity index (χ1n) is 30.8. The minimum Gasteiger partial charge on any atom is -0.394 e. The van der Waals surface area contributed by atoms with Crippen LogP contribution >= 0.6 is 0 Å². The molecule has 456 valence electrons. The van der Waals surface area contributed by atoms with Crippen LogP contribution in [-0.2, 0) is 33.2 Å². The highest BCUT2D eigenvalue weighted by atomic mass is 16.8. The molecule has 0 aromatic carbocycles. The van der Waals surface area contributed by atoms with E-state index in [9.17, 15) is 61.0 Å². The molecular formula is C58H111NO18. The molecule has 17 unspecified atom stereocenters. The van der Waals surface area contributed by atoms with Crippen molar-refractivity contribution in [3.63, 3.8) is 0 Å². The second-order valence-corrected chi connectivity index (χ2v) is 22.5. The summed E-state index contributed by atoms with van der Waals surface area (Å²) in [6.45, 7) is 1.81. The number of carbonyl (C=O) groups is 1. The van der Waals surface area contributed by atoms with Crippen LogP contribution in [0.25, 0.3) is 0 Å². The Morgan fingerprint density at radius 2 is 0.740 bits per heavy atom. The zero-order valence-electron chi connectivity index (χ0n) is 47.5. The monoisotopic (exact) mass is 1110 g/mol. The SMILES string of the molecule is CCCCCCCCCCCCCCCCCCCCC(=O)NC(COC1OC(CO)C(OC2OC(CO)C(OC3OC(CO)C(O)C(O)C3O)C(O)C2O)C(O)C1O)C(O)CCCCCCCCCCCCCCCC. The standard InChI is InChI=1S/C58H111NO18/c1-3-5-7-9-11-13-15-17-19-20-21-22-24-26-28-30-32-34-36-46(64)59-41(42(63)35-33-31-29-27-25-23-18-16-14-12-10-8-6-4-2)40-72-56-52(70)49(67)54(44(38-61)74-56)77-58-53(71)50(68)55(45(39-62)75-58)76-57-51(69)48(66)47(65)43(37-60)73-57/h41-45,47-58,60-63,65-71H,3-40H2,1-2H3,(H,59,64). The van der Waals surface area contributed by atoms with Gasteiger partial charge in [-0.25, -0.2) is 0 Å². The fourth-order valence-electron chi connectivity index (χ4n) is 10.8. The van der Waals surface area contributed by atoms with Gasteiger partial charge >= 0.3 is 0 Å². The molecule has 12 N–H and O–H groups in total. The summed E-state index contributed by atoms with van der Waals surface area (Å²) in [4.78, 5) is 13.3. The fraction of sp³-hybridized carbons (Fsp3) is 0.983. The van der Waals surface area contributed by atoms with Gasteiger partial charge in [0.1, 0.15) is 73.2 Å². The predicted octanol–water partition coefficient (Wildman–Crippen LogP) is 5.60. The normalized spacial score (nSPS) is 30.6. The molecule has 3 fully saturated rings. The van der Waals surface area contributed by atoms with Gasteiger partial charge in [0.25, 0.3) is 0 Å². The summed E-state index contributed by atoms with van der Waals surface area (Å²) in [6, 6.07) is -0.879. The summed E-state index contributed by atoms with van der Waals surface area (Å²) < 4.78 is 34.3. The Bertz CT molecular complexity index is 1420.